The van der Waals surface area contributed by atoms with E-state index in [-0.39, 0.29) is 18.4 Å². The van der Waals surface area contributed by atoms with Crippen LogP contribution in [0.5, 0.6) is 11.5 Å². The molecule has 0 amide bonds. The van der Waals surface area contributed by atoms with Crippen molar-refractivity contribution in [2.45, 2.75) is 40.2 Å². The predicted octanol–water partition coefficient (Wildman–Crippen LogP) is 4.59. The van der Waals surface area contributed by atoms with E-state index in [1.165, 1.54) is 6.07 Å². The Bertz CT molecular complexity index is 695. The average molecular weight is 316 g/mol. The Balaban J connectivity index is 2.16. The summed E-state index contributed by atoms with van der Waals surface area (Å²) in [5.41, 5.74) is 2.40. The maximum atomic E-state index is 13.8. The van der Waals surface area contributed by atoms with Gasteiger partial charge in [0.1, 0.15) is 23.9 Å². The van der Waals surface area contributed by atoms with Crippen molar-refractivity contribution in [1.82, 2.24) is 0 Å². The van der Waals surface area contributed by atoms with Crippen LogP contribution in [0.15, 0.2) is 36.4 Å². The lowest BCUT2D eigenvalue weighted by molar-refractivity contribution is -0.134. The largest absolute Gasteiger partial charge is 0.489 e. The van der Waals surface area contributed by atoms with E-state index in [4.69, 9.17) is 9.47 Å². The second-order valence-electron chi connectivity index (χ2n) is 5.27. The molecule has 2 aromatic carbocycles. The van der Waals surface area contributed by atoms with Gasteiger partial charge in [0.05, 0.1) is 0 Å². The van der Waals surface area contributed by atoms with Gasteiger partial charge in [-0.05, 0) is 36.6 Å². The summed E-state index contributed by atoms with van der Waals surface area (Å²) < 4.78 is 24.8. The van der Waals surface area contributed by atoms with Crippen molar-refractivity contribution >= 4 is 5.97 Å². The van der Waals surface area contributed by atoms with Crippen LogP contribution in [0.1, 0.15) is 37.0 Å². The van der Waals surface area contributed by atoms with Gasteiger partial charge in [-0.1, -0.05) is 32.0 Å². The van der Waals surface area contributed by atoms with Crippen LogP contribution in [0.3, 0.4) is 0 Å². The van der Waals surface area contributed by atoms with E-state index in [9.17, 15) is 9.18 Å². The number of carbonyl (C=O) groups is 1. The fourth-order valence-corrected chi connectivity index (χ4v) is 2.21. The lowest BCUT2D eigenvalue weighted by Gasteiger charge is -2.14. The number of benzene rings is 2. The highest BCUT2D eigenvalue weighted by molar-refractivity contribution is 5.72. The number of aryl methyl sites for hydroxylation is 2. The molecule has 2 aromatic rings. The van der Waals surface area contributed by atoms with Crippen molar-refractivity contribution in [3.8, 4) is 11.5 Å². The summed E-state index contributed by atoms with van der Waals surface area (Å²) in [6, 6.07) is 10.3. The average Bonchev–Trinajstić information content (AvgIpc) is 2.54. The molecule has 0 aliphatic carbocycles. The van der Waals surface area contributed by atoms with E-state index in [1.54, 1.807) is 25.1 Å². The molecular formula is C19H21FO3. The molecular weight excluding hydrogens is 295 g/mol. The highest BCUT2D eigenvalue weighted by Gasteiger charge is 2.11. The minimum Gasteiger partial charge on any atom is -0.489 e. The monoisotopic (exact) mass is 316 g/mol. The molecule has 0 N–H and O–H groups in total. The van der Waals surface area contributed by atoms with Crippen molar-refractivity contribution in [3.05, 3.63) is 58.9 Å². The molecule has 3 nitrogen and oxygen atoms in total. The summed E-state index contributed by atoms with van der Waals surface area (Å²) in [7, 11) is 0. The molecule has 122 valence electrons. The minimum absolute atomic E-state index is 0.212. The van der Waals surface area contributed by atoms with Gasteiger partial charge in [-0.2, -0.15) is 0 Å². The maximum absolute atomic E-state index is 13.8. The van der Waals surface area contributed by atoms with Crippen LogP contribution < -0.4 is 9.47 Å². The second kappa shape index (κ2) is 7.77. The standard InChI is InChI=1S/C19H21FO3/c1-4-14-9-10-15(11-17(14)20)22-12-16-13(3)7-6-8-18(16)23-19(21)5-2/h6-11H,4-5,12H2,1-3H3. The van der Waals surface area contributed by atoms with Crippen LogP contribution in [0.4, 0.5) is 4.39 Å². The van der Waals surface area contributed by atoms with Crippen LogP contribution in [0, 0.1) is 12.7 Å². The van der Waals surface area contributed by atoms with Crippen molar-refractivity contribution in [2.75, 3.05) is 0 Å². The third-order valence-electron chi connectivity index (χ3n) is 3.67. The highest BCUT2D eigenvalue weighted by atomic mass is 19.1. The molecule has 0 saturated carbocycles. The fraction of sp³-hybridized carbons (Fsp3) is 0.316. The molecule has 0 aromatic heterocycles. The van der Waals surface area contributed by atoms with Crippen LogP contribution in [-0.2, 0) is 17.8 Å². The number of carbonyl (C=O) groups excluding carboxylic acids is 1. The number of halogens is 1. The highest BCUT2D eigenvalue weighted by Crippen LogP contribution is 2.25. The number of esters is 1. The molecule has 0 aliphatic rings. The molecule has 0 saturated heterocycles. The third kappa shape index (κ3) is 4.31. The molecule has 0 aliphatic heterocycles. The van der Waals surface area contributed by atoms with Gasteiger partial charge in [0.25, 0.3) is 0 Å². The summed E-state index contributed by atoms with van der Waals surface area (Å²) in [5, 5.41) is 0. The zero-order valence-electron chi connectivity index (χ0n) is 13.7. The van der Waals surface area contributed by atoms with E-state index >= 15 is 0 Å². The smallest absolute Gasteiger partial charge is 0.310 e. The zero-order valence-corrected chi connectivity index (χ0v) is 13.7. The van der Waals surface area contributed by atoms with Crippen molar-refractivity contribution in [2.24, 2.45) is 0 Å². The Morgan fingerprint density at radius 3 is 2.61 bits per heavy atom. The molecule has 0 radical (unpaired) electrons. The van der Waals surface area contributed by atoms with Gasteiger partial charge in [-0.3, -0.25) is 4.79 Å². The second-order valence-corrected chi connectivity index (χ2v) is 5.27. The first-order chi connectivity index (χ1) is 11.0. The first-order valence-electron chi connectivity index (χ1n) is 7.75. The summed E-state index contributed by atoms with van der Waals surface area (Å²) in [6.45, 7) is 5.78. The van der Waals surface area contributed by atoms with Crippen LogP contribution in [-0.4, -0.2) is 5.97 Å². The lowest BCUT2D eigenvalue weighted by atomic mass is 10.1. The summed E-state index contributed by atoms with van der Waals surface area (Å²) in [4.78, 5) is 11.5. The first-order valence-corrected chi connectivity index (χ1v) is 7.75. The molecule has 0 bridgehead atoms. The predicted molar refractivity (Wildman–Crippen MR) is 87.2 cm³/mol. The van der Waals surface area contributed by atoms with Gasteiger partial charge >= 0.3 is 5.97 Å². The van der Waals surface area contributed by atoms with E-state index in [1.807, 2.05) is 26.0 Å². The minimum atomic E-state index is -0.296. The summed E-state index contributed by atoms with van der Waals surface area (Å²) in [6.07, 6.45) is 0.943. The number of hydrogen-bond donors (Lipinski definition) is 0. The molecule has 0 unspecified atom stereocenters. The van der Waals surface area contributed by atoms with E-state index in [0.717, 1.165) is 11.1 Å². The Kier molecular flexibility index (Phi) is 5.74. The summed E-state index contributed by atoms with van der Waals surface area (Å²) >= 11 is 0. The quantitative estimate of drug-likeness (QED) is 0.577. The Labute approximate surface area is 136 Å². The van der Waals surface area contributed by atoms with Crippen molar-refractivity contribution < 1.29 is 18.7 Å². The van der Waals surface area contributed by atoms with E-state index < -0.39 is 0 Å². The number of ether oxygens (including phenoxy) is 2. The van der Waals surface area contributed by atoms with Gasteiger partial charge in [0.15, 0.2) is 0 Å². The van der Waals surface area contributed by atoms with Crippen LogP contribution in [0.2, 0.25) is 0 Å². The molecule has 2 rings (SSSR count). The van der Waals surface area contributed by atoms with E-state index in [0.29, 0.717) is 29.9 Å². The van der Waals surface area contributed by atoms with Crippen molar-refractivity contribution in [3.63, 3.8) is 0 Å². The number of rotatable bonds is 6. The molecule has 0 fully saturated rings. The normalized spacial score (nSPS) is 10.4. The van der Waals surface area contributed by atoms with Gasteiger partial charge in [0.2, 0.25) is 0 Å². The molecule has 4 heteroatoms. The first kappa shape index (κ1) is 17.0. The Morgan fingerprint density at radius 1 is 1.17 bits per heavy atom. The fourth-order valence-electron chi connectivity index (χ4n) is 2.21. The lowest BCUT2D eigenvalue weighted by Crippen LogP contribution is -2.09. The van der Waals surface area contributed by atoms with Crippen molar-refractivity contribution in [1.29, 1.82) is 0 Å². The van der Waals surface area contributed by atoms with Gasteiger partial charge < -0.3 is 9.47 Å². The number of hydrogen-bond acceptors (Lipinski definition) is 3. The zero-order chi connectivity index (χ0) is 16.8. The topological polar surface area (TPSA) is 35.5 Å². The Morgan fingerprint density at radius 2 is 1.96 bits per heavy atom. The SMILES string of the molecule is CCC(=O)Oc1cccc(C)c1COc1ccc(CC)c(F)c1. The molecule has 23 heavy (non-hydrogen) atoms. The van der Waals surface area contributed by atoms with Gasteiger partial charge in [-0.25, -0.2) is 4.39 Å². The van der Waals surface area contributed by atoms with Gasteiger partial charge in [0, 0.05) is 18.1 Å². The third-order valence-corrected chi connectivity index (χ3v) is 3.67. The molecule has 0 heterocycles. The van der Waals surface area contributed by atoms with Crippen LogP contribution in [0.25, 0.3) is 0 Å². The molecule has 0 atom stereocenters. The Hall–Kier alpha value is -2.36. The maximum Gasteiger partial charge on any atom is 0.310 e. The molecule has 0 spiro atoms. The summed E-state index contributed by atoms with van der Waals surface area (Å²) in [5.74, 6) is 0.376. The van der Waals surface area contributed by atoms with Gasteiger partial charge in [-0.15, -0.1) is 0 Å². The van der Waals surface area contributed by atoms with Crippen LogP contribution >= 0.6 is 0 Å². The van der Waals surface area contributed by atoms with E-state index in [2.05, 4.69) is 0 Å².